The molecule has 2 N–H and O–H groups in total. The van der Waals surface area contributed by atoms with E-state index in [1.807, 2.05) is 17.9 Å². The second kappa shape index (κ2) is 10.7. The van der Waals surface area contributed by atoms with Crippen molar-refractivity contribution >= 4 is 6.03 Å². The molecule has 0 radical (unpaired) electrons. The molecular formula is C32H39FN4O2. The lowest BCUT2D eigenvalue weighted by atomic mass is 9.85. The van der Waals surface area contributed by atoms with Crippen LogP contribution in [-0.2, 0) is 28.7 Å². The Balaban J connectivity index is 1.23. The average Bonchev–Trinajstić information content (AvgIpc) is 3.22. The number of hydrogen-bond acceptors (Lipinski definition) is 4. The number of nitrogens with one attached hydrogen (secondary N) is 2. The van der Waals surface area contributed by atoms with Gasteiger partial charge in [-0.3, -0.25) is 10.4 Å². The number of urea groups is 1. The number of pyridine rings is 1. The molecule has 5 rings (SSSR count). The monoisotopic (exact) mass is 530 g/mol. The normalized spacial score (nSPS) is 20.5. The van der Waals surface area contributed by atoms with Crippen molar-refractivity contribution in [2.24, 2.45) is 0 Å². The minimum atomic E-state index is -1.40. The molecule has 2 fully saturated rings. The minimum Gasteiger partial charge on any atom is -0.374 e. The molecule has 1 atom stereocenters. The Kier molecular flexibility index (Phi) is 7.49. The highest BCUT2D eigenvalue weighted by Gasteiger charge is 2.44. The van der Waals surface area contributed by atoms with E-state index in [1.165, 1.54) is 16.7 Å². The number of halogens is 1. The first-order valence-electron chi connectivity index (χ1n) is 13.9. The summed E-state index contributed by atoms with van der Waals surface area (Å²) in [5.74, 6) is 0. The highest BCUT2D eigenvalue weighted by Crippen LogP contribution is 2.34. The summed E-state index contributed by atoms with van der Waals surface area (Å²) in [4.78, 5) is 19.0. The third-order valence-electron chi connectivity index (χ3n) is 8.04. The Morgan fingerprint density at radius 3 is 2.26 bits per heavy atom. The van der Waals surface area contributed by atoms with Gasteiger partial charge in [0.05, 0.1) is 18.9 Å². The van der Waals surface area contributed by atoms with Gasteiger partial charge in [0.25, 0.3) is 0 Å². The van der Waals surface area contributed by atoms with Crippen molar-refractivity contribution in [3.63, 3.8) is 0 Å². The number of carbonyl (C=O) groups excluding carboxylic acids is 1. The molecule has 0 spiro atoms. The van der Waals surface area contributed by atoms with Crippen LogP contribution in [0.1, 0.15) is 62.8 Å². The van der Waals surface area contributed by atoms with Crippen LogP contribution in [0, 0.1) is 0 Å². The standard InChI is InChI=1S/C32H39FN4O2/c1-5-37-29(38)35-36-32(37,19-24-10-14-26(15-11-24)30(2,3)4)18-6-7-23-8-12-25(13-9-23)28-17-16-27(20-34-28)31(33)21-39-22-31/h8-17,20,36H,5-7,18-19,21-22H2,1-4H3,(H,35,38). The van der Waals surface area contributed by atoms with Gasteiger partial charge in [-0.15, -0.1) is 0 Å². The van der Waals surface area contributed by atoms with E-state index in [1.54, 1.807) is 12.3 Å². The van der Waals surface area contributed by atoms with Crippen LogP contribution in [0.15, 0.2) is 66.9 Å². The van der Waals surface area contributed by atoms with Crippen LogP contribution < -0.4 is 10.9 Å². The Bertz CT molecular complexity index is 1280. The van der Waals surface area contributed by atoms with Crippen molar-refractivity contribution in [3.05, 3.63) is 89.1 Å². The fourth-order valence-corrected chi connectivity index (χ4v) is 5.54. The SMILES string of the molecule is CCN1C(=O)NNC1(CCCc1ccc(-c2ccc(C3(F)COC3)cn2)cc1)Cc1ccc(C(C)(C)C)cc1. The largest absolute Gasteiger partial charge is 0.374 e. The van der Waals surface area contributed by atoms with Crippen molar-refractivity contribution in [2.75, 3.05) is 19.8 Å². The van der Waals surface area contributed by atoms with E-state index in [-0.39, 0.29) is 24.7 Å². The first kappa shape index (κ1) is 27.3. The van der Waals surface area contributed by atoms with Gasteiger partial charge >= 0.3 is 6.03 Å². The van der Waals surface area contributed by atoms with Crippen molar-refractivity contribution in [3.8, 4) is 11.3 Å². The summed E-state index contributed by atoms with van der Waals surface area (Å²) < 4.78 is 19.6. The van der Waals surface area contributed by atoms with Crippen molar-refractivity contribution in [2.45, 2.75) is 70.1 Å². The molecule has 1 unspecified atom stereocenters. The number of hydrogen-bond donors (Lipinski definition) is 2. The zero-order chi connectivity index (χ0) is 27.7. The lowest BCUT2D eigenvalue weighted by Crippen LogP contribution is -2.54. The summed E-state index contributed by atoms with van der Waals surface area (Å²) in [6, 6.07) is 20.8. The van der Waals surface area contributed by atoms with Gasteiger partial charge in [0, 0.05) is 30.3 Å². The molecule has 1 aromatic heterocycles. The number of benzene rings is 2. The van der Waals surface area contributed by atoms with Crippen LogP contribution in [0.5, 0.6) is 0 Å². The number of hydrazine groups is 1. The molecule has 2 aliphatic rings. The van der Waals surface area contributed by atoms with Gasteiger partial charge in [-0.05, 0) is 54.4 Å². The second-order valence-corrected chi connectivity index (χ2v) is 11.9. The van der Waals surface area contributed by atoms with E-state index in [9.17, 15) is 9.18 Å². The van der Waals surface area contributed by atoms with Gasteiger partial charge in [-0.2, -0.15) is 0 Å². The van der Waals surface area contributed by atoms with Crippen LogP contribution in [0.25, 0.3) is 11.3 Å². The Labute approximate surface area is 230 Å². The van der Waals surface area contributed by atoms with Crippen LogP contribution in [0.2, 0.25) is 0 Å². The summed E-state index contributed by atoms with van der Waals surface area (Å²) in [7, 11) is 0. The molecule has 39 heavy (non-hydrogen) atoms. The van der Waals surface area contributed by atoms with Gasteiger partial charge < -0.3 is 9.64 Å². The topological polar surface area (TPSA) is 66.5 Å². The van der Waals surface area contributed by atoms with Crippen molar-refractivity contribution in [1.29, 1.82) is 0 Å². The van der Waals surface area contributed by atoms with Gasteiger partial charge in [-0.1, -0.05) is 75.4 Å². The number of aryl methyl sites for hydroxylation is 1. The summed E-state index contributed by atoms with van der Waals surface area (Å²) >= 11 is 0. The smallest absolute Gasteiger partial charge is 0.333 e. The summed E-state index contributed by atoms with van der Waals surface area (Å²) in [5.41, 5.74) is 10.6. The molecule has 0 aliphatic carbocycles. The maximum absolute atomic E-state index is 14.5. The van der Waals surface area contributed by atoms with E-state index in [0.29, 0.717) is 12.1 Å². The third kappa shape index (κ3) is 5.70. The fourth-order valence-electron chi connectivity index (χ4n) is 5.54. The highest BCUT2D eigenvalue weighted by atomic mass is 19.1. The number of alkyl halides is 1. The van der Waals surface area contributed by atoms with E-state index in [2.05, 4.69) is 85.1 Å². The molecule has 0 saturated carbocycles. The highest BCUT2D eigenvalue weighted by molar-refractivity contribution is 5.76. The number of rotatable bonds is 9. The van der Waals surface area contributed by atoms with Gasteiger partial charge in [0.15, 0.2) is 5.67 Å². The quantitative estimate of drug-likeness (QED) is 0.353. The first-order chi connectivity index (χ1) is 18.6. The molecule has 0 bridgehead atoms. The molecule has 2 amide bonds. The van der Waals surface area contributed by atoms with Crippen LogP contribution in [0.3, 0.4) is 0 Å². The number of nitrogens with zero attached hydrogens (tertiary/aromatic N) is 2. The molecular weight excluding hydrogens is 491 g/mol. The molecule has 3 aromatic rings. The van der Waals surface area contributed by atoms with E-state index >= 15 is 0 Å². The van der Waals surface area contributed by atoms with Crippen molar-refractivity contribution < 1.29 is 13.9 Å². The number of carbonyl (C=O) groups is 1. The second-order valence-electron chi connectivity index (χ2n) is 11.9. The lowest BCUT2D eigenvalue weighted by molar-refractivity contribution is -0.135. The zero-order valence-electron chi connectivity index (χ0n) is 23.4. The van der Waals surface area contributed by atoms with E-state index < -0.39 is 11.3 Å². The average molecular weight is 531 g/mol. The zero-order valence-corrected chi connectivity index (χ0v) is 23.4. The molecule has 2 aromatic carbocycles. The van der Waals surface area contributed by atoms with E-state index in [4.69, 9.17) is 4.74 Å². The number of aromatic nitrogens is 1. The molecule has 2 aliphatic heterocycles. The number of amides is 2. The maximum Gasteiger partial charge on any atom is 0.333 e. The molecule has 7 heteroatoms. The first-order valence-corrected chi connectivity index (χ1v) is 13.9. The maximum atomic E-state index is 14.5. The summed E-state index contributed by atoms with van der Waals surface area (Å²) in [6.45, 7) is 9.51. The number of ether oxygens (including phenoxy) is 1. The predicted octanol–water partition coefficient (Wildman–Crippen LogP) is 6.05. The Morgan fingerprint density at radius 2 is 1.69 bits per heavy atom. The van der Waals surface area contributed by atoms with Crippen LogP contribution in [0.4, 0.5) is 9.18 Å². The lowest BCUT2D eigenvalue weighted by Gasteiger charge is -2.36. The number of likely N-dealkylation sites (N-methyl/N-ethyl adjacent to an activating group) is 1. The summed E-state index contributed by atoms with van der Waals surface area (Å²) in [6.07, 6.45) is 4.99. The molecule has 2 saturated heterocycles. The van der Waals surface area contributed by atoms with E-state index in [0.717, 1.165) is 36.9 Å². The minimum absolute atomic E-state index is 0.0739. The predicted molar refractivity (Wildman–Crippen MR) is 152 cm³/mol. The van der Waals surface area contributed by atoms with Crippen LogP contribution in [-0.4, -0.2) is 41.3 Å². The molecule has 206 valence electrons. The molecule has 3 heterocycles. The molecule has 6 nitrogen and oxygen atoms in total. The third-order valence-corrected chi connectivity index (χ3v) is 8.04. The van der Waals surface area contributed by atoms with Gasteiger partial charge in [0.2, 0.25) is 0 Å². The Morgan fingerprint density at radius 1 is 1.00 bits per heavy atom. The van der Waals surface area contributed by atoms with Gasteiger partial charge in [-0.25, -0.2) is 14.6 Å². The van der Waals surface area contributed by atoms with Crippen LogP contribution >= 0.6 is 0 Å². The fraction of sp³-hybridized carbons (Fsp3) is 0.438. The Hall–Kier alpha value is -3.29. The van der Waals surface area contributed by atoms with Crippen molar-refractivity contribution in [1.82, 2.24) is 20.7 Å². The summed E-state index contributed by atoms with van der Waals surface area (Å²) in [5, 5.41) is 0. The van der Waals surface area contributed by atoms with Gasteiger partial charge in [0.1, 0.15) is 5.66 Å².